The molecule has 0 aliphatic carbocycles. The molecule has 0 spiro atoms. The summed E-state index contributed by atoms with van der Waals surface area (Å²) in [5, 5.41) is 2.39. The Morgan fingerprint density at radius 1 is 1.60 bits per heavy atom. The number of thiazole rings is 1. The zero-order valence-electron chi connectivity index (χ0n) is 11.3. The second kappa shape index (κ2) is 5.58. The lowest BCUT2D eigenvalue weighted by molar-refractivity contribution is -0.127. The molecule has 0 saturated carbocycles. The van der Waals surface area contributed by atoms with Gasteiger partial charge in [0.15, 0.2) is 10.1 Å². The monoisotopic (exact) mass is 309 g/mol. The summed E-state index contributed by atoms with van der Waals surface area (Å²) in [5.74, 6) is 0.640. The van der Waals surface area contributed by atoms with E-state index in [9.17, 15) is 4.79 Å². The zero-order valence-corrected chi connectivity index (χ0v) is 12.8. The molecule has 0 aromatic carbocycles. The van der Waals surface area contributed by atoms with Gasteiger partial charge in [0.25, 0.3) is 0 Å². The highest BCUT2D eigenvalue weighted by Crippen LogP contribution is 2.22. The summed E-state index contributed by atoms with van der Waals surface area (Å²) in [6.07, 6.45) is 7.56. The summed E-state index contributed by atoms with van der Waals surface area (Å²) in [6.45, 7) is 3.88. The first-order valence-corrected chi connectivity index (χ1v) is 7.99. The van der Waals surface area contributed by atoms with Crippen molar-refractivity contribution in [2.45, 2.75) is 19.8 Å². The summed E-state index contributed by atoms with van der Waals surface area (Å²) in [5.41, 5.74) is 0.765. The Morgan fingerprint density at radius 2 is 2.45 bits per heavy atom. The van der Waals surface area contributed by atoms with Crippen LogP contribution in [-0.4, -0.2) is 33.3 Å². The third kappa shape index (κ3) is 2.60. The Balaban J connectivity index is 1.78. The largest absolute Gasteiger partial charge is 0.339 e. The number of carbonyl (C=O) groups excluding carboxylic acids is 1. The van der Waals surface area contributed by atoms with Gasteiger partial charge in [-0.1, -0.05) is 18.5 Å². The lowest BCUT2D eigenvalue weighted by Crippen LogP contribution is -2.38. The van der Waals surface area contributed by atoms with Gasteiger partial charge in [0, 0.05) is 30.7 Å². The van der Waals surface area contributed by atoms with E-state index in [-0.39, 0.29) is 5.91 Å². The van der Waals surface area contributed by atoms with Crippen LogP contribution >= 0.6 is 22.9 Å². The van der Waals surface area contributed by atoms with Crippen LogP contribution < -0.4 is 0 Å². The number of imidazole rings is 1. The number of amides is 1. The summed E-state index contributed by atoms with van der Waals surface area (Å²) in [7, 11) is 0. The minimum Gasteiger partial charge on any atom is -0.339 e. The maximum Gasteiger partial charge on any atom is 0.246 e. The molecule has 4 nitrogen and oxygen atoms in total. The Morgan fingerprint density at radius 3 is 3.25 bits per heavy atom. The van der Waals surface area contributed by atoms with Crippen molar-refractivity contribution >= 4 is 39.9 Å². The maximum atomic E-state index is 12.2. The molecule has 1 saturated heterocycles. The summed E-state index contributed by atoms with van der Waals surface area (Å²) in [6, 6.07) is 0. The quantitative estimate of drug-likeness (QED) is 0.798. The van der Waals surface area contributed by atoms with Gasteiger partial charge >= 0.3 is 0 Å². The zero-order chi connectivity index (χ0) is 14.1. The van der Waals surface area contributed by atoms with Crippen molar-refractivity contribution < 1.29 is 4.79 Å². The van der Waals surface area contributed by atoms with Crippen molar-refractivity contribution in [1.82, 2.24) is 14.3 Å². The molecular weight excluding hydrogens is 294 g/mol. The topological polar surface area (TPSA) is 37.6 Å². The van der Waals surface area contributed by atoms with E-state index >= 15 is 0 Å². The molecule has 106 valence electrons. The Bertz CT molecular complexity index is 660. The Hall–Kier alpha value is -1.33. The highest BCUT2D eigenvalue weighted by molar-refractivity contribution is 7.15. The molecule has 3 rings (SSSR count). The van der Waals surface area contributed by atoms with Crippen molar-refractivity contribution in [2.75, 3.05) is 13.1 Å². The van der Waals surface area contributed by atoms with Crippen molar-refractivity contribution in [3.8, 4) is 0 Å². The minimum atomic E-state index is 0.0535. The molecule has 0 radical (unpaired) electrons. The fraction of sp³-hybridized carbons (Fsp3) is 0.429. The van der Waals surface area contributed by atoms with Crippen LogP contribution in [-0.2, 0) is 4.79 Å². The van der Waals surface area contributed by atoms with Gasteiger partial charge in [0.2, 0.25) is 5.91 Å². The van der Waals surface area contributed by atoms with E-state index in [0.717, 1.165) is 30.2 Å². The molecule has 1 aliphatic rings. The molecule has 6 heteroatoms. The van der Waals surface area contributed by atoms with Crippen molar-refractivity contribution in [2.24, 2.45) is 5.92 Å². The molecule has 1 aliphatic heterocycles. The Labute approximate surface area is 126 Å². The molecule has 0 unspecified atom stereocenters. The second-order valence-electron chi connectivity index (χ2n) is 5.21. The number of aromatic nitrogens is 2. The van der Waals surface area contributed by atoms with Gasteiger partial charge in [0.1, 0.15) is 0 Å². The first-order valence-electron chi connectivity index (χ1n) is 6.73. The molecule has 20 heavy (non-hydrogen) atoms. The molecule has 2 aromatic heterocycles. The number of nitrogens with zero attached hydrogens (tertiary/aromatic N) is 3. The normalized spacial score (nSPS) is 20.1. The number of piperidine rings is 1. The number of likely N-dealkylation sites (tertiary alicyclic amines) is 1. The SMILES string of the molecule is C[C@H]1CCCN(C(=O)/C=C/c2c(Cl)nc3sccn23)C1. The number of hydrogen-bond donors (Lipinski definition) is 0. The van der Waals surface area contributed by atoms with Gasteiger partial charge in [-0.25, -0.2) is 4.98 Å². The van der Waals surface area contributed by atoms with Gasteiger partial charge in [0.05, 0.1) is 5.69 Å². The van der Waals surface area contributed by atoms with Gasteiger partial charge < -0.3 is 4.90 Å². The number of halogens is 1. The van der Waals surface area contributed by atoms with Gasteiger partial charge in [-0.05, 0) is 24.8 Å². The van der Waals surface area contributed by atoms with E-state index < -0.39 is 0 Å². The molecule has 1 atom stereocenters. The highest BCUT2D eigenvalue weighted by atomic mass is 35.5. The van der Waals surface area contributed by atoms with Crippen LogP contribution in [0.15, 0.2) is 17.7 Å². The summed E-state index contributed by atoms with van der Waals surface area (Å²) >= 11 is 7.62. The molecule has 1 amide bonds. The van der Waals surface area contributed by atoms with E-state index in [4.69, 9.17) is 11.6 Å². The third-order valence-corrected chi connectivity index (χ3v) is 4.64. The first kappa shape index (κ1) is 13.6. The van der Waals surface area contributed by atoms with Crippen LogP contribution in [0.2, 0.25) is 5.15 Å². The van der Waals surface area contributed by atoms with Crippen molar-refractivity contribution in [3.05, 3.63) is 28.5 Å². The van der Waals surface area contributed by atoms with Crippen LogP contribution in [0, 0.1) is 5.92 Å². The van der Waals surface area contributed by atoms with Gasteiger partial charge in [-0.15, -0.1) is 11.3 Å². The van der Waals surface area contributed by atoms with Crippen LogP contribution in [0.1, 0.15) is 25.5 Å². The average Bonchev–Trinajstić information content (AvgIpc) is 2.97. The second-order valence-corrected chi connectivity index (χ2v) is 6.44. The van der Waals surface area contributed by atoms with Crippen LogP contribution in [0.4, 0.5) is 0 Å². The molecule has 3 heterocycles. The third-order valence-electron chi connectivity index (χ3n) is 3.61. The van der Waals surface area contributed by atoms with E-state index in [1.165, 1.54) is 17.8 Å². The van der Waals surface area contributed by atoms with Crippen molar-refractivity contribution in [3.63, 3.8) is 0 Å². The lowest BCUT2D eigenvalue weighted by atomic mass is 10.0. The number of hydrogen-bond acceptors (Lipinski definition) is 3. The molecule has 2 aromatic rings. The van der Waals surface area contributed by atoms with Crippen LogP contribution in [0.3, 0.4) is 0 Å². The van der Waals surface area contributed by atoms with E-state index in [1.807, 2.05) is 20.9 Å². The number of carbonyl (C=O) groups is 1. The van der Waals surface area contributed by atoms with Gasteiger partial charge in [-0.3, -0.25) is 9.20 Å². The van der Waals surface area contributed by atoms with E-state index in [0.29, 0.717) is 11.1 Å². The average molecular weight is 310 g/mol. The maximum absolute atomic E-state index is 12.2. The molecule has 0 bridgehead atoms. The molecule has 0 N–H and O–H groups in total. The fourth-order valence-corrected chi connectivity index (χ4v) is 3.58. The van der Waals surface area contributed by atoms with Crippen LogP contribution in [0.5, 0.6) is 0 Å². The first-order chi connectivity index (χ1) is 9.65. The summed E-state index contributed by atoms with van der Waals surface area (Å²) < 4.78 is 1.90. The predicted molar refractivity (Wildman–Crippen MR) is 82.1 cm³/mol. The minimum absolute atomic E-state index is 0.0535. The van der Waals surface area contributed by atoms with Crippen molar-refractivity contribution in [1.29, 1.82) is 0 Å². The van der Waals surface area contributed by atoms with Gasteiger partial charge in [-0.2, -0.15) is 0 Å². The van der Waals surface area contributed by atoms with Crippen LogP contribution in [0.25, 0.3) is 11.0 Å². The number of fused-ring (bicyclic) bond motifs is 1. The number of rotatable bonds is 2. The summed E-state index contributed by atoms with van der Waals surface area (Å²) in [4.78, 5) is 19.2. The standard InChI is InChI=1S/C14H16ClN3OS/c1-10-3-2-6-17(9-10)12(19)5-4-11-13(15)16-14-18(11)7-8-20-14/h4-5,7-8,10H,2-3,6,9H2,1H3/b5-4+/t10-/m0/s1. The predicted octanol–water partition coefficient (Wildman–Crippen LogP) is 3.32. The smallest absolute Gasteiger partial charge is 0.246 e. The lowest BCUT2D eigenvalue weighted by Gasteiger charge is -2.30. The van der Waals surface area contributed by atoms with E-state index in [1.54, 1.807) is 12.2 Å². The molecule has 1 fully saturated rings. The van der Waals surface area contributed by atoms with E-state index in [2.05, 4.69) is 11.9 Å². The highest BCUT2D eigenvalue weighted by Gasteiger charge is 2.19. The molecular formula is C14H16ClN3OS. The fourth-order valence-electron chi connectivity index (χ4n) is 2.57. The Kier molecular flexibility index (Phi) is 3.81.